The third-order valence-corrected chi connectivity index (χ3v) is 4.22. The number of carbonyl (C=O) groups excluding carboxylic acids is 1. The third-order valence-electron chi connectivity index (χ3n) is 3.98. The predicted octanol–water partition coefficient (Wildman–Crippen LogP) is 5.53. The lowest BCUT2D eigenvalue weighted by molar-refractivity contribution is 0.103. The number of carbonyl (C=O) groups is 1. The predicted molar refractivity (Wildman–Crippen MR) is 94.4 cm³/mol. The zero-order chi connectivity index (χ0) is 17.1. The molecule has 0 radical (unpaired) electrons. The molecule has 0 fully saturated rings. The molecule has 0 atom stereocenters. The van der Waals surface area contributed by atoms with Crippen LogP contribution in [-0.4, -0.2) is 5.78 Å². The van der Waals surface area contributed by atoms with Crippen LogP contribution in [0.3, 0.4) is 0 Å². The first kappa shape index (κ1) is 16.3. The van der Waals surface area contributed by atoms with Crippen molar-refractivity contribution in [1.82, 2.24) is 0 Å². The van der Waals surface area contributed by atoms with E-state index in [1.54, 1.807) is 42.5 Å². The van der Waals surface area contributed by atoms with E-state index in [-0.39, 0.29) is 5.78 Å². The lowest BCUT2D eigenvalue weighted by atomic mass is 9.98. The monoisotopic (exact) mass is 337 g/mol. The van der Waals surface area contributed by atoms with Crippen molar-refractivity contribution in [3.05, 3.63) is 69.9 Å². The molecule has 2 aromatic carbocycles. The number of aryl methyl sites for hydroxylation is 1. The molecule has 0 bridgehead atoms. The molecule has 0 aliphatic heterocycles. The van der Waals surface area contributed by atoms with E-state index in [1.807, 2.05) is 0 Å². The van der Waals surface area contributed by atoms with E-state index in [2.05, 4.69) is 13.0 Å². The zero-order valence-electron chi connectivity index (χ0n) is 13.3. The summed E-state index contributed by atoms with van der Waals surface area (Å²) in [6, 6.07) is 14.0. The Hall–Kier alpha value is -2.57. The minimum Gasteiger partial charge on any atom is -0.460 e. The maximum absolute atomic E-state index is 13.0. The van der Waals surface area contributed by atoms with Crippen LogP contribution < -0.4 is 0 Å². The summed E-state index contributed by atoms with van der Waals surface area (Å²) >= 11 is 6.11. The first-order chi connectivity index (χ1) is 11.6. The highest BCUT2D eigenvalue weighted by Gasteiger charge is 2.22. The van der Waals surface area contributed by atoms with Crippen LogP contribution >= 0.6 is 11.6 Å². The SMILES string of the molecule is CCCCc1oc2ccc(Cl)cc2c1C(=O)c1ccc(C#N)cc1. The maximum Gasteiger partial charge on any atom is 0.197 e. The van der Waals surface area contributed by atoms with Gasteiger partial charge in [0.05, 0.1) is 17.2 Å². The summed E-state index contributed by atoms with van der Waals surface area (Å²) < 4.78 is 5.91. The van der Waals surface area contributed by atoms with Crippen LogP contribution in [-0.2, 0) is 6.42 Å². The van der Waals surface area contributed by atoms with Crippen LogP contribution in [0, 0.1) is 11.3 Å². The van der Waals surface area contributed by atoms with Gasteiger partial charge in [-0.1, -0.05) is 24.9 Å². The highest BCUT2D eigenvalue weighted by atomic mass is 35.5. The van der Waals surface area contributed by atoms with Crippen LogP contribution in [0.1, 0.15) is 47.0 Å². The van der Waals surface area contributed by atoms with Crippen molar-refractivity contribution >= 4 is 28.4 Å². The molecule has 0 amide bonds. The fourth-order valence-corrected chi connectivity index (χ4v) is 2.90. The molecule has 0 N–H and O–H groups in total. The highest BCUT2D eigenvalue weighted by molar-refractivity contribution is 6.31. The molecule has 0 saturated heterocycles. The molecule has 3 nitrogen and oxygen atoms in total. The fraction of sp³-hybridized carbons (Fsp3) is 0.200. The van der Waals surface area contributed by atoms with E-state index in [1.165, 1.54) is 0 Å². The van der Waals surface area contributed by atoms with Gasteiger partial charge in [0.2, 0.25) is 0 Å². The summed E-state index contributed by atoms with van der Waals surface area (Å²) in [6.07, 6.45) is 2.67. The molecule has 24 heavy (non-hydrogen) atoms. The van der Waals surface area contributed by atoms with Gasteiger partial charge in [0.1, 0.15) is 11.3 Å². The van der Waals surface area contributed by atoms with E-state index in [4.69, 9.17) is 21.3 Å². The number of nitrogens with zero attached hydrogens (tertiary/aromatic N) is 1. The number of hydrogen-bond acceptors (Lipinski definition) is 3. The Morgan fingerprint density at radius 1 is 1.21 bits per heavy atom. The first-order valence-electron chi connectivity index (χ1n) is 7.90. The largest absolute Gasteiger partial charge is 0.460 e. The Morgan fingerprint density at radius 2 is 1.96 bits per heavy atom. The summed E-state index contributed by atoms with van der Waals surface area (Å²) in [5, 5.41) is 10.2. The normalized spacial score (nSPS) is 10.7. The Kier molecular flexibility index (Phi) is 4.69. The highest BCUT2D eigenvalue weighted by Crippen LogP contribution is 2.31. The molecule has 0 aliphatic carbocycles. The summed E-state index contributed by atoms with van der Waals surface area (Å²) in [7, 11) is 0. The van der Waals surface area contributed by atoms with E-state index >= 15 is 0 Å². The Labute approximate surface area is 145 Å². The van der Waals surface area contributed by atoms with E-state index in [0.29, 0.717) is 39.5 Å². The molecular formula is C20H16ClNO2. The molecule has 120 valence electrons. The number of furan rings is 1. The standard InChI is InChI=1S/C20H16ClNO2/c1-2-3-4-18-19(16-11-15(21)9-10-17(16)24-18)20(23)14-7-5-13(12-22)6-8-14/h5-11H,2-4H2,1H3. The summed E-state index contributed by atoms with van der Waals surface area (Å²) in [4.78, 5) is 13.0. The number of fused-ring (bicyclic) bond motifs is 1. The number of unbranched alkanes of at least 4 members (excludes halogenated alkanes) is 1. The van der Waals surface area contributed by atoms with Crippen LogP contribution in [0.4, 0.5) is 0 Å². The topological polar surface area (TPSA) is 54.0 Å². The summed E-state index contributed by atoms with van der Waals surface area (Å²) in [5.41, 5.74) is 2.31. The molecule has 0 spiro atoms. The molecule has 0 aliphatic rings. The van der Waals surface area contributed by atoms with Gasteiger partial charge in [-0.3, -0.25) is 4.79 Å². The average molecular weight is 338 g/mol. The number of hydrogen-bond donors (Lipinski definition) is 0. The lowest BCUT2D eigenvalue weighted by Crippen LogP contribution is -2.04. The molecular weight excluding hydrogens is 322 g/mol. The van der Waals surface area contributed by atoms with Crippen molar-refractivity contribution in [1.29, 1.82) is 5.26 Å². The van der Waals surface area contributed by atoms with Crippen molar-refractivity contribution in [2.45, 2.75) is 26.2 Å². The van der Waals surface area contributed by atoms with Gasteiger partial charge in [-0.15, -0.1) is 0 Å². The van der Waals surface area contributed by atoms with Crippen LogP contribution in [0.15, 0.2) is 46.9 Å². The molecule has 0 unspecified atom stereocenters. The van der Waals surface area contributed by atoms with Gasteiger partial charge < -0.3 is 4.42 Å². The Bertz CT molecular complexity index is 933. The quantitative estimate of drug-likeness (QED) is 0.575. The van der Waals surface area contributed by atoms with Gasteiger partial charge in [0.25, 0.3) is 0 Å². The molecule has 3 rings (SSSR count). The van der Waals surface area contributed by atoms with Crippen molar-refractivity contribution in [3.8, 4) is 6.07 Å². The fourth-order valence-electron chi connectivity index (χ4n) is 2.72. The Balaban J connectivity index is 2.12. The van der Waals surface area contributed by atoms with Gasteiger partial charge in [-0.05, 0) is 48.9 Å². The minimum atomic E-state index is -0.105. The van der Waals surface area contributed by atoms with Crippen LogP contribution in [0.25, 0.3) is 11.0 Å². The summed E-state index contributed by atoms with van der Waals surface area (Å²) in [5.74, 6) is 0.593. The van der Waals surface area contributed by atoms with E-state index in [9.17, 15) is 4.79 Å². The number of rotatable bonds is 5. The van der Waals surface area contributed by atoms with Gasteiger partial charge in [-0.25, -0.2) is 0 Å². The number of halogens is 1. The first-order valence-corrected chi connectivity index (χ1v) is 8.27. The Morgan fingerprint density at radius 3 is 2.62 bits per heavy atom. The second-order valence-electron chi connectivity index (χ2n) is 5.66. The molecule has 1 heterocycles. The van der Waals surface area contributed by atoms with E-state index in [0.717, 1.165) is 18.2 Å². The second kappa shape index (κ2) is 6.90. The van der Waals surface area contributed by atoms with Crippen LogP contribution in [0.2, 0.25) is 5.02 Å². The second-order valence-corrected chi connectivity index (χ2v) is 6.10. The molecule has 4 heteroatoms. The smallest absolute Gasteiger partial charge is 0.197 e. The minimum absolute atomic E-state index is 0.105. The number of nitriles is 1. The maximum atomic E-state index is 13.0. The van der Waals surface area contributed by atoms with Crippen molar-refractivity contribution < 1.29 is 9.21 Å². The molecule has 3 aromatic rings. The van der Waals surface area contributed by atoms with Gasteiger partial charge in [0.15, 0.2) is 5.78 Å². The van der Waals surface area contributed by atoms with Crippen molar-refractivity contribution in [2.75, 3.05) is 0 Å². The zero-order valence-corrected chi connectivity index (χ0v) is 14.1. The van der Waals surface area contributed by atoms with Crippen LogP contribution in [0.5, 0.6) is 0 Å². The number of benzene rings is 2. The summed E-state index contributed by atoms with van der Waals surface area (Å²) in [6.45, 7) is 2.10. The average Bonchev–Trinajstić information content (AvgIpc) is 2.96. The van der Waals surface area contributed by atoms with Crippen molar-refractivity contribution in [2.24, 2.45) is 0 Å². The number of ketones is 1. The van der Waals surface area contributed by atoms with Gasteiger partial charge in [0, 0.05) is 22.4 Å². The van der Waals surface area contributed by atoms with Gasteiger partial charge >= 0.3 is 0 Å². The van der Waals surface area contributed by atoms with Gasteiger partial charge in [-0.2, -0.15) is 5.26 Å². The third kappa shape index (κ3) is 3.06. The van der Waals surface area contributed by atoms with Crippen molar-refractivity contribution in [3.63, 3.8) is 0 Å². The molecule has 0 saturated carbocycles. The molecule has 1 aromatic heterocycles. The van der Waals surface area contributed by atoms with E-state index < -0.39 is 0 Å². The lowest BCUT2D eigenvalue weighted by Gasteiger charge is -2.03.